The van der Waals surface area contributed by atoms with E-state index in [9.17, 15) is 9.59 Å². The van der Waals surface area contributed by atoms with Crippen molar-refractivity contribution in [3.63, 3.8) is 0 Å². The van der Waals surface area contributed by atoms with Gasteiger partial charge in [-0.15, -0.1) is 0 Å². The predicted molar refractivity (Wildman–Crippen MR) is 72.4 cm³/mol. The first-order chi connectivity index (χ1) is 8.50. The van der Waals surface area contributed by atoms with E-state index in [0.29, 0.717) is 18.7 Å². The second kappa shape index (κ2) is 5.10. The average Bonchev–Trinajstić information content (AvgIpc) is 2.32. The molecule has 0 saturated carbocycles. The minimum Gasteiger partial charge on any atom is -0.353 e. The molecule has 0 radical (unpaired) electrons. The number of piperazine rings is 1. The molecule has 1 heterocycles. The molecule has 96 valence electrons. The largest absolute Gasteiger partial charge is 0.353 e. The molecule has 2 rings (SSSR count). The number of nitrogens with one attached hydrogen (secondary N) is 1. The Morgan fingerprint density at radius 2 is 2.22 bits per heavy atom. The Morgan fingerprint density at radius 3 is 2.89 bits per heavy atom. The van der Waals surface area contributed by atoms with Crippen LogP contribution in [0, 0.1) is 6.92 Å². The summed E-state index contributed by atoms with van der Waals surface area (Å²) in [6.45, 7) is 4.72. The first-order valence-corrected chi connectivity index (χ1v) is 6.65. The number of nitrogens with zero attached hydrogens (tertiary/aromatic N) is 1. The van der Waals surface area contributed by atoms with E-state index in [-0.39, 0.29) is 11.8 Å². The Hall–Kier alpha value is -1.36. The van der Waals surface area contributed by atoms with Gasteiger partial charge < -0.3 is 10.2 Å². The first kappa shape index (κ1) is 13.1. The highest BCUT2D eigenvalue weighted by Gasteiger charge is 2.30. The number of aryl methyl sites for hydroxylation is 1. The molecule has 18 heavy (non-hydrogen) atoms. The van der Waals surface area contributed by atoms with Crippen LogP contribution in [0.15, 0.2) is 22.7 Å². The van der Waals surface area contributed by atoms with E-state index >= 15 is 0 Å². The summed E-state index contributed by atoms with van der Waals surface area (Å²) in [5, 5.41) is 2.75. The summed E-state index contributed by atoms with van der Waals surface area (Å²) in [4.78, 5) is 25.6. The number of carbonyl (C=O) groups is 2. The summed E-state index contributed by atoms with van der Waals surface area (Å²) in [5.41, 5.74) is 1.56. The fraction of sp³-hybridized carbons (Fsp3) is 0.385. The summed E-state index contributed by atoms with van der Waals surface area (Å²) in [6.07, 6.45) is 0. The van der Waals surface area contributed by atoms with Crippen molar-refractivity contribution in [2.24, 2.45) is 0 Å². The molecule has 4 nitrogen and oxygen atoms in total. The standard InChI is InChI=1S/C13H15BrN2O2/c1-8-7-10(14)3-4-11(8)13(18)16-6-5-15-12(17)9(16)2/h3-4,7,9H,5-6H2,1-2H3,(H,15,17). The van der Waals surface area contributed by atoms with Gasteiger partial charge in [-0.25, -0.2) is 0 Å². The lowest BCUT2D eigenvalue weighted by Crippen LogP contribution is -2.55. The third-order valence-electron chi connectivity index (χ3n) is 3.18. The molecule has 1 saturated heterocycles. The van der Waals surface area contributed by atoms with E-state index in [2.05, 4.69) is 21.2 Å². The lowest BCUT2D eigenvalue weighted by Gasteiger charge is -2.33. The van der Waals surface area contributed by atoms with E-state index in [0.717, 1.165) is 10.0 Å². The highest BCUT2D eigenvalue weighted by Crippen LogP contribution is 2.19. The summed E-state index contributed by atoms with van der Waals surface area (Å²) in [7, 11) is 0. The average molecular weight is 311 g/mol. The Kier molecular flexibility index (Phi) is 3.71. The normalized spacial score (nSPS) is 19.6. The van der Waals surface area contributed by atoms with Gasteiger partial charge in [0.15, 0.2) is 0 Å². The monoisotopic (exact) mass is 310 g/mol. The van der Waals surface area contributed by atoms with Crippen molar-refractivity contribution in [3.05, 3.63) is 33.8 Å². The van der Waals surface area contributed by atoms with Gasteiger partial charge in [0, 0.05) is 23.1 Å². The zero-order valence-electron chi connectivity index (χ0n) is 10.4. The van der Waals surface area contributed by atoms with Gasteiger partial charge in [0.05, 0.1) is 0 Å². The molecule has 5 heteroatoms. The molecule has 1 aromatic rings. The van der Waals surface area contributed by atoms with Gasteiger partial charge in [0.2, 0.25) is 5.91 Å². The van der Waals surface area contributed by atoms with E-state index < -0.39 is 6.04 Å². The number of benzene rings is 1. The van der Waals surface area contributed by atoms with Crippen LogP contribution in [0.3, 0.4) is 0 Å². The molecule has 1 aliphatic rings. The van der Waals surface area contributed by atoms with Gasteiger partial charge in [-0.3, -0.25) is 9.59 Å². The minimum atomic E-state index is -0.408. The van der Waals surface area contributed by atoms with Crippen molar-refractivity contribution in [3.8, 4) is 0 Å². The summed E-state index contributed by atoms with van der Waals surface area (Å²) >= 11 is 3.37. The molecule has 1 fully saturated rings. The van der Waals surface area contributed by atoms with Crippen molar-refractivity contribution in [1.82, 2.24) is 10.2 Å². The van der Waals surface area contributed by atoms with Gasteiger partial charge in [0.1, 0.15) is 6.04 Å². The summed E-state index contributed by atoms with van der Waals surface area (Å²) in [6, 6.07) is 5.13. The zero-order valence-corrected chi connectivity index (χ0v) is 12.0. The SMILES string of the molecule is Cc1cc(Br)ccc1C(=O)N1CCNC(=O)C1C. The van der Waals surface area contributed by atoms with Gasteiger partial charge in [0.25, 0.3) is 5.91 Å². The maximum absolute atomic E-state index is 12.4. The lowest BCUT2D eigenvalue weighted by molar-refractivity contribution is -0.127. The predicted octanol–water partition coefficient (Wildman–Crippen LogP) is 1.72. The molecule has 1 aliphatic heterocycles. The number of hydrogen-bond donors (Lipinski definition) is 1. The van der Waals surface area contributed by atoms with Gasteiger partial charge in [-0.2, -0.15) is 0 Å². The smallest absolute Gasteiger partial charge is 0.254 e. The Morgan fingerprint density at radius 1 is 1.50 bits per heavy atom. The highest BCUT2D eigenvalue weighted by molar-refractivity contribution is 9.10. The number of amides is 2. The molecule has 1 unspecified atom stereocenters. The topological polar surface area (TPSA) is 49.4 Å². The van der Waals surface area contributed by atoms with Crippen LogP contribution in [0.25, 0.3) is 0 Å². The van der Waals surface area contributed by atoms with Crippen LogP contribution in [-0.4, -0.2) is 35.8 Å². The number of hydrogen-bond acceptors (Lipinski definition) is 2. The second-order valence-corrected chi connectivity index (χ2v) is 5.34. The zero-order chi connectivity index (χ0) is 13.3. The third-order valence-corrected chi connectivity index (χ3v) is 3.67. The molecule has 1 atom stereocenters. The molecular formula is C13H15BrN2O2. The van der Waals surface area contributed by atoms with Crippen LogP contribution in [0.1, 0.15) is 22.8 Å². The van der Waals surface area contributed by atoms with Crippen molar-refractivity contribution >= 4 is 27.7 Å². The molecular weight excluding hydrogens is 296 g/mol. The van der Waals surface area contributed by atoms with Crippen LogP contribution < -0.4 is 5.32 Å². The maximum atomic E-state index is 12.4. The first-order valence-electron chi connectivity index (χ1n) is 5.85. The molecule has 1 aromatic carbocycles. The molecule has 0 aliphatic carbocycles. The highest BCUT2D eigenvalue weighted by atomic mass is 79.9. The lowest BCUT2D eigenvalue weighted by atomic mass is 10.1. The van der Waals surface area contributed by atoms with Gasteiger partial charge in [-0.05, 0) is 37.6 Å². The molecule has 0 spiro atoms. The summed E-state index contributed by atoms with van der Waals surface area (Å²) < 4.78 is 0.945. The fourth-order valence-electron chi connectivity index (χ4n) is 2.08. The number of halogens is 1. The van der Waals surface area contributed by atoms with Crippen LogP contribution in [0.2, 0.25) is 0 Å². The molecule has 2 amide bonds. The Balaban J connectivity index is 2.28. The summed E-state index contributed by atoms with van der Waals surface area (Å²) in [5.74, 6) is -0.174. The van der Waals surface area contributed by atoms with Gasteiger partial charge >= 0.3 is 0 Å². The quantitative estimate of drug-likeness (QED) is 0.858. The van der Waals surface area contributed by atoms with Crippen LogP contribution in [-0.2, 0) is 4.79 Å². The maximum Gasteiger partial charge on any atom is 0.254 e. The Labute approximate surface area is 114 Å². The van der Waals surface area contributed by atoms with Crippen LogP contribution in [0.5, 0.6) is 0 Å². The van der Waals surface area contributed by atoms with Gasteiger partial charge in [-0.1, -0.05) is 15.9 Å². The van der Waals surface area contributed by atoms with E-state index in [1.165, 1.54) is 0 Å². The Bertz CT molecular complexity index is 502. The molecule has 1 N–H and O–H groups in total. The molecule has 0 aromatic heterocycles. The van der Waals surface area contributed by atoms with Crippen molar-refractivity contribution < 1.29 is 9.59 Å². The fourth-order valence-corrected chi connectivity index (χ4v) is 2.56. The van der Waals surface area contributed by atoms with Crippen molar-refractivity contribution in [1.29, 1.82) is 0 Å². The number of rotatable bonds is 1. The van der Waals surface area contributed by atoms with Crippen LogP contribution >= 0.6 is 15.9 Å². The van der Waals surface area contributed by atoms with E-state index in [1.54, 1.807) is 17.9 Å². The number of carbonyl (C=O) groups excluding carboxylic acids is 2. The van der Waals surface area contributed by atoms with E-state index in [4.69, 9.17) is 0 Å². The van der Waals surface area contributed by atoms with Crippen LogP contribution in [0.4, 0.5) is 0 Å². The third kappa shape index (κ3) is 2.41. The second-order valence-electron chi connectivity index (χ2n) is 4.42. The van der Waals surface area contributed by atoms with Crippen molar-refractivity contribution in [2.75, 3.05) is 13.1 Å². The molecule has 0 bridgehead atoms. The minimum absolute atomic E-state index is 0.0812. The van der Waals surface area contributed by atoms with Crippen molar-refractivity contribution in [2.45, 2.75) is 19.9 Å². The van der Waals surface area contributed by atoms with E-state index in [1.807, 2.05) is 19.1 Å².